The summed E-state index contributed by atoms with van der Waals surface area (Å²) in [5.41, 5.74) is 0. The van der Waals surface area contributed by atoms with Crippen molar-refractivity contribution in [2.75, 3.05) is 21.3 Å². The number of hydrogen-bond acceptors (Lipinski definition) is 3. The van der Waals surface area contributed by atoms with Gasteiger partial charge in [-0.2, -0.15) is 0 Å². The Bertz CT molecular complexity index is 517. The predicted octanol–water partition coefficient (Wildman–Crippen LogP) is -0.0179. The number of fused-ring (bicyclic) bond motifs is 1. The molecule has 0 atom stereocenters. The molecule has 0 saturated carbocycles. The average Bonchev–Trinajstić information content (AvgIpc) is 2.36. The maximum absolute atomic E-state index is 5.39. The van der Waals surface area contributed by atoms with Gasteiger partial charge in [0.25, 0.3) is 0 Å². The van der Waals surface area contributed by atoms with Crippen molar-refractivity contribution in [3.8, 4) is 17.2 Å². The summed E-state index contributed by atoms with van der Waals surface area (Å²) in [4.78, 5) is 0. The molecule has 2 rings (SSSR count). The fourth-order valence-corrected chi connectivity index (χ4v) is 1.82. The van der Waals surface area contributed by atoms with Gasteiger partial charge in [-0.25, -0.2) is 0 Å². The van der Waals surface area contributed by atoms with Gasteiger partial charge in [0.05, 0.1) is 21.3 Å². The van der Waals surface area contributed by atoms with E-state index in [1.54, 1.807) is 21.3 Å². The van der Waals surface area contributed by atoms with E-state index in [9.17, 15) is 0 Å². The van der Waals surface area contributed by atoms with E-state index in [-0.39, 0.29) is 31.0 Å². The van der Waals surface area contributed by atoms with Crippen LogP contribution in [0, 0.1) is 0 Å². The van der Waals surface area contributed by atoms with Crippen LogP contribution in [0.5, 0.6) is 17.2 Å². The molecule has 0 heterocycles. The second-order valence-corrected chi connectivity index (χ2v) is 3.37. The van der Waals surface area contributed by atoms with Gasteiger partial charge in [-0.15, -0.1) is 0 Å². The van der Waals surface area contributed by atoms with E-state index in [0.717, 1.165) is 10.8 Å². The van der Waals surface area contributed by atoms with E-state index >= 15 is 0 Å². The SMILES string of the molecule is COc1cc2ccccc2c(OC)c1OC.[H-].[Na+]. The third-order valence-electron chi connectivity index (χ3n) is 2.55. The maximum Gasteiger partial charge on any atom is 1.00 e. The Morgan fingerprint density at radius 2 is 1.53 bits per heavy atom. The molecule has 3 nitrogen and oxygen atoms in total. The zero-order valence-electron chi connectivity index (χ0n) is 11.6. The zero-order valence-corrected chi connectivity index (χ0v) is 12.6. The molecule has 0 N–H and O–H groups in total. The van der Waals surface area contributed by atoms with Gasteiger partial charge in [-0.3, -0.25) is 0 Å². The Kier molecular flexibility index (Phi) is 5.12. The second kappa shape index (κ2) is 6.15. The van der Waals surface area contributed by atoms with Gasteiger partial charge < -0.3 is 15.6 Å². The standard InChI is InChI=1S/C13H14O3.Na.H/c1-14-11-8-9-6-4-5-7-10(9)12(15-2)13(11)16-3;;/h4-8H,1-3H3;;/q;+1;-1. The first kappa shape index (κ1) is 14.2. The minimum Gasteiger partial charge on any atom is -1.00 e. The molecule has 0 aliphatic heterocycles. The van der Waals surface area contributed by atoms with Crippen LogP contribution in [0.4, 0.5) is 0 Å². The summed E-state index contributed by atoms with van der Waals surface area (Å²) in [5.74, 6) is 2.01. The third kappa shape index (κ3) is 2.51. The van der Waals surface area contributed by atoms with E-state index < -0.39 is 0 Å². The van der Waals surface area contributed by atoms with Crippen LogP contribution in [0.2, 0.25) is 0 Å². The van der Waals surface area contributed by atoms with Crippen LogP contribution in [0.25, 0.3) is 10.8 Å². The zero-order chi connectivity index (χ0) is 11.5. The predicted molar refractivity (Wildman–Crippen MR) is 64.7 cm³/mol. The Labute approximate surface area is 124 Å². The van der Waals surface area contributed by atoms with E-state index in [2.05, 4.69) is 0 Å². The molecular formula is C13H15NaO3. The van der Waals surface area contributed by atoms with Crippen molar-refractivity contribution in [1.29, 1.82) is 0 Å². The van der Waals surface area contributed by atoms with Crippen LogP contribution in [0.3, 0.4) is 0 Å². The number of methoxy groups -OCH3 is 3. The van der Waals surface area contributed by atoms with Gasteiger partial charge in [-0.05, 0) is 11.5 Å². The van der Waals surface area contributed by atoms with Crippen molar-refractivity contribution in [2.24, 2.45) is 0 Å². The fraction of sp³-hybridized carbons (Fsp3) is 0.231. The molecule has 0 fully saturated rings. The van der Waals surface area contributed by atoms with Gasteiger partial charge >= 0.3 is 29.6 Å². The summed E-state index contributed by atoms with van der Waals surface area (Å²) in [7, 11) is 4.85. The fourth-order valence-electron chi connectivity index (χ4n) is 1.82. The quantitative estimate of drug-likeness (QED) is 0.708. The molecule has 0 spiro atoms. The molecule has 0 aliphatic rings. The van der Waals surface area contributed by atoms with Crippen molar-refractivity contribution in [1.82, 2.24) is 0 Å². The van der Waals surface area contributed by atoms with Crippen molar-refractivity contribution >= 4 is 10.8 Å². The summed E-state index contributed by atoms with van der Waals surface area (Å²) in [6.07, 6.45) is 0. The van der Waals surface area contributed by atoms with Crippen LogP contribution in [0.1, 0.15) is 1.43 Å². The molecule has 0 aromatic heterocycles. The average molecular weight is 242 g/mol. The van der Waals surface area contributed by atoms with Gasteiger partial charge in [0.2, 0.25) is 5.75 Å². The number of benzene rings is 2. The normalized spacial score (nSPS) is 9.59. The first-order valence-corrected chi connectivity index (χ1v) is 4.99. The molecule has 0 amide bonds. The topological polar surface area (TPSA) is 27.7 Å². The summed E-state index contributed by atoms with van der Waals surface area (Å²) in [6.45, 7) is 0. The van der Waals surface area contributed by atoms with E-state index in [4.69, 9.17) is 14.2 Å². The van der Waals surface area contributed by atoms with Crippen LogP contribution in [0.15, 0.2) is 30.3 Å². The van der Waals surface area contributed by atoms with E-state index in [0.29, 0.717) is 17.2 Å². The van der Waals surface area contributed by atoms with Gasteiger partial charge in [0, 0.05) is 5.39 Å². The third-order valence-corrected chi connectivity index (χ3v) is 2.55. The Hall–Kier alpha value is -0.900. The van der Waals surface area contributed by atoms with Crippen molar-refractivity contribution in [3.63, 3.8) is 0 Å². The molecule has 0 radical (unpaired) electrons. The molecular weight excluding hydrogens is 227 g/mol. The molecule has 86 valence electrons. The monoisotopic (exact) mass is 242 g/mol. The first-order valence-electron chi connectivity index (χ1n) is 4.99. The molecule has 0 bridgehead atoms. The largest absolute Gasteiger partial charge is 1.00 e. The summed E-state index contributed by atoms with van der Waals surface area (Å²) in [6, 6.07) is 9.90. The summed E-state index contributed by atoms with van der Waals surface area (Å²) < 4.78 is 16.0. The Morgan fingerprint density at radius 3 is 2.12 bits per heavy atom. The van der Waals surface area contributed by atoms with Crippen molar-refractivity contribution < 1.29 is 45.2 Å². The first-order chi connectivity index (χ1) is 7.81. The number of rotatable bonds is 3. The summed E-state index contributed by atoms with van der Waals surface area (Å²) in [5, 5.41) is 2.08. The minimum atomic E-state index is 0. The van der Waals surface area contributed by atoms with Crippen LogP contribution < -0.4 is 43.8 Å². The number of hydrogen-bond donors (Lipinski definition) is 0. The van der Waals surface area contributed by atoms with Crippen LogP contribution >= 0.6 is 0 Å². The smallest absolute Gasteiger partial charge is 1.00 e. The van der Waals surface area contributed by atoms with Crippen LogP contribution in [-0.4, -0.2) is 21.3 Å². The van der Waals surface area contributed by atoms with E-state index in [1.807, 2.05) is 30.3 Å². The molecule has 17 heavy (non-hydrogen) atoms. The van der Waals surface area contributed by atoms with Crippen molar-refractivity contribution in [2.45, 2.75) is 0 Å². The second-order valence-electron chi connectivity index (χ2n) is 3.37. The summed E-state index contributed by atoms with van der Waals surface area (Å²) >= 11 is 0. The Balaban J connectivity index is 0.00000144. The molecule has 0 unspecified atom stereocenters. The van der Waals surface area contributed by atoms with Crippen molar-refractivity contribution in [3.05, 3.63) is 30.3 Å². The molecule has 2 aromatic rings. The number of ether oxygens (including phenoxy) is 3. The van der Waals surface area contributed by atoms with Gasteiger partial charge in [0.1, 0.15) is 0 Å². The Morgan fingerprint density at radius 1 is 0.882 bits per heavy atom. The molecule has 0 aliphatic carbocycles. The molecule has 0 saturated heterocycles. The molecule has 4 heteroatoms. The molecule has 2 aromatic carbocycles. The van der Waals surface area contributed by atoms with Gasteiger partial charge in [0.15, 0.2) is 11.5 Å². The minimum absolute atomic E-state index is 0. The maximum atomic E-state index is 5.39. The van der Waals surface area contributed by atoms with E-state index in [1.165, 1.54) is 0 Å². The van der Waals surface area contributed by atoms with Gasteiger partial charge in [-0.1, -0.05) is 24.3 Å². The van der Waals surface area contributed by atoms with Crippen LogP contribution in [-0.2, 0) is 0 Å².